The van der Waals surface area contributed by atoms with E-state index < -0.39 is 0 Å². The van der Waals surface area contributed by atoms with Crippen LogP contribution in [0.15, 0.2) is 4.99 Å². The Kier molecular flexibility index (Phi) is 8.73. The van der Waals surface area contributed by atoms with Gasteiger partial charge in [0, 0.05) is 52.5 Å². The quantitative estimate of drug-likeness (QED) is 0.391. The molecule has 0 spiro atoms. The third-order valence-electron chi connectivity index (χ3n) is 6.34. The number of methoxy groups -OCH3 is 1. The highest BCUT2D eigenvalue weighted by Gasteiger charge is 2.26. The molecule has 2 N–H and O–H groups in total. The molecule has 3 rings (SSSR count). The van der Waals surface area contributed by atoms with Crippen molar-refractivity contribution in [3.63, 3.8) is 0 Å². The minimum atomic E-state index is 0.477. The Bertz CT molecular complexity index is 631. The summed E-state index contributed by atoms with van der Waals surface area (Å²) in [5.74, 6) is 2.67. The number of piperidine rings is 1. The molecule has 0 radical (unpaired) electrons. The Balaban J connectivity index is 1.52. The molecule has 1 aromatic rings. The molecule has 0 amide bonds. The Morgan fingerprint density at radius 2 is 1.90 bits per heavy atom. The van der Waals surface area contributed by atoms with Crippen LogP contribution >= 0.6 is 0 Å². The number of likely N-dealkylation sites (tertiary alicyclic amines) is 1. The van der Waals surface area contributed by atoms with E-state index >= 15 is 0 Å². The highest BCUT2D eigenvalue weighted by Crippen LogP contribution is 2.25. The lowest BCUT2D eigenvalue weighted by Gasteiger charge is -2.39. The van der Waals surface area contributed by atoms with Gasteiger partial charge < -0.3 is 24.8 Å². The molecule has 164 valence electrons. The number of nitrogens with zero attached hydrogens (tertiary/aromatic N) is 5. The van der Waals surface area contributed by atoms with Gasteiger partial charge in [-0.1, -0.05) is 19.3 Å². The van der Waals surface area contributed by atoms with E-state index in [4.69, 9.17) is 9.73 Å². The fourth-order valence-electron chi connectivity index (χ4n) is 4.36. The molecule has 29 heavy (non-hydrogen) atoms. The number of ether oxygens (including phenoxy) is 1. The molecule has 0 bridgehead atoms. The van der Waals surface area contributed by atoms with Crippen LogP contribution < -0.4 is 10.6 Å². The molecule has 1 aromatic heterocycles. The Morgan fingerprint density at radius 1 is 1.14 bits per heavy atom. The van der Waals surface area contributed by atoms with Crippen LogP contribution in [-0.4, -0.2) is 71.1 Å². The van der Waals surface area contributed by atoms with Gasteiger partial charge in [-0.2, -0.15) is 0 Å². The molecule has 2 aliphatic rings. The third-order valence-corrected chi connectivity index (χ3v) is 6.34. The van der Waals surface area contributed by atoms with E-state index in [2.05, 4.69) is 25.7 Å². The molecular weight excluding hydrogens is 366 g/mol. The number of aryl methyl sites for hydroxylation is 1. The minimum Gasteiger partial charge on any atom is -0.385 e. The van der Waals surface area contributed by atoms with Crippen molar-refractivity contribution in [1.29, 1.82) is 0 Å². The van der Waals surface area contributed by atoms with Crippen LogP contribution in [0.4, 0.5) is 0 Å². The number of aliphatic imine (C=N–C) groups is 1. The molecule has 1 saturated carbocycles. The van der Waals surface area contributed by atoms with Crippen LogP contribution in [0, 0.1) is 6.92 Å². The van der Waals surface area contributed by atoms with Crippen molar-refractivity contribution in [3.05, 3.63) is 11.6 Å². The van der Waals surface area contributed by atoms with E-state index in [1.165, 1.54) is 58.0 Å². The van der Waals surface area contributed by atoms with Gasteiger partial charge in [-0.25, -0.2) is 4.99 Å². The molecule has 2 heterocycles. The normalized spacial score (nSPS) is 20.2. The van der Waals surface area contributed by atoms with Crippen molar-refractivity contribution in [3.8, 4) is 0 Å². The lowest BCUT2D eigenvalue weighted by Crippen LogP contribution is -2.51. The second-order valence-electron chi connectivity index (χ2n) is 8.41. The zero-order valence-electron chi connectivity index (χ0n) is 18.5. The lowest BCUT2D eigenvalue weighted by molar-refractivity contribution is 0.119. The van der Waals surface area contributed by atoms with Crippen LogP contribution in [0.25, 0.3) is 0 Å². The van der Waals surface area contributed by atoms with E-state index in [1.807, 2.05) is 18.5 Å². The molecule has 0 unspecified atom stereocenters. The number of nitrogens with one attached hydrogen (secondary N) is 2. The van der Waals surface area contributed by atoms with Gasteiger partial charge in [0.15, 0.2) is 11.8 Å². The number of hydrogen-bond acceptors (Lipinski definition) is 5. The number of rotatable bonds is 8. The first-order valence-corrected chi connectivity index (χ1v) is 11.3. The maximum Gasteiger partial charge on any atom is 0.191 e. The predicted octanol–water partition coefficient (Wildman–Crippen LogP) is 1.99. The van der Waals surface area contributed by atoms with Gasteiger partial charge in [-0.15, -0.1) is 10.2 Å². The van der Waals surface area contributed by atoms with Crippen molar-refractivity contribution in [2.24, 2.45) is 12.0 Å². The van der Waals surface area contributed by atoms with Gasteiger partial charge >= 0.3 is 0 Å². The zero-order valence-corrected chi connectivity index (χ0v) is 18.5. The lowest BCUT2D eigenvalue weighted by atomic mass is 9.92. The van der Waals surface area contributed by atoms with E-state index in [9.17, 15) is 0 Å². The smallest absolute Gasteiger partial charge is 0.191 e. The first kappa shape index (κ1) is 22.0. The maximum atomic E-state index is 5.16. The first-order valence-electron chi connectivity index (χ1n) is 11.3. The van der Waals surface area contributed by atoms with Gasteiger partial charge in [-0.3, -0.25) is 0 Å². The monoisotopic (exact) mass is 405 g/mol. The molecule has 0 aromatic carbocycles. The molecule has 0 atom stereocenters. The van der Waals surface area contributed by atoms with E-state index in [1.54, 1.807) is 7.11 Å². The van der Waals surface area contributed by atoms with Crippen molar-refractivity contribution in [2.45, 2.75) is 76.9 Å². The van der Waals surface area contributed by atoms with Crippen LogP contribution in [0.2, 0.25) is 0 Å². The summed E-state index contributed by atoms with van der Waals surface area (Å²) in [7, 11) is 3.73. The van der Waals surface area contributed by atoms with Crippen LogP contribution in [-0.2, 0) is 18.3 Å². The predicted molar refractivity (Wildman–Crippen MR) is 116 cm³/mol. The molecule has 2 fully saturated rings. The van der Waals surface area contributed by atoms with Crippen molar-refractivity contribution < 1.29 is 4.74 Å². The summed E-state index contributed by atoms with van der Waals surface area (Å²) in [5.41, 5.74) is 0. The highest BCUT2D eigenvalue weighted by molar-refractivity contribution is 5.80. The van der Waals surface area contributed by atoms with E-state index in [0.29, 0.717) is 12.6 Å². The summed E-state index contributed by atoms with van der Waals surface area (Å²) >= 11 is 0. The molecular formula is C21H39N7O. The molecule has 8 nitrogen and oxygen atoms in total. The number of aromatic nitrogens is 3. The van der Waals surface area contributed by atoms with E-state index in [-0.39, 0.29) is 0 Å². The molecule has 1 aliphatic heterocycles. The fraction of sp³-hybridized carbons (Fsp3) is 0.857. The first-order chi connectivity index (χ1) is 14.2. The number of hydrogen-bond donors (Lipinski definition) is 2. The highest BCUT2D eigenvalue weighted by atomic mass is 16.5. The Hall–Kier alpha value is -1.67. The topological polar surface area (TPSA) is 79.6 Å². The fourth-order valence-corrected chi connectivity index (χ4v) is 4.36. The van der Waals surface area contributed by atoms with Gasteiger partial charge in [-0.05, 0) is 39.0 Å². The second-order valence-corrected chi connectivity index (χ2v) is 8.41. The van der Waals surface area contributed by atoms with Crippen LogP contribution in [0.5, 0.6) is 0 Å². The largest absolute Gasteiger partial charge is 0.385 e. The van der Waals surface area contributed by atoms with Crippen molar-refractivity contribution >= 4 is 5.96 Å². The van der Waals surface area contributed by atoms with E-state index in [0.717, 1.165) is 43.2 Å². The Morgan fingerprint density at radius 3 is 2.55 bits per heavy atom. The third kappa shape index (κ3) is 6.67. The zero-order chi connectivity index (χ0) is 20.5. The standard InChI is InChI=1S/C21H39N7O/c1-17-25-26-20(27(17)2)16-23-21(22-12-7-15-29-3)24-18-10-13-28(14-11-18)19-8-5-4-6-9-19/h18-19H,4-16H2,1-3H3,(H2,22,23,24). The average Bonchev–Trinajstić information content (AvgIpc) is 3.08. The van der Waals surface area contributed by atoms with Gasteiger partial charge in [0.05, 0.1) is 0 Å². The molecule has 1 saturated heterocycles. The summed E-state index contributed by atoms with van der Waals surface area (Å²) in [5, 5.41) is 15.5. The van der Waals surface area contributed by atoms with Crippen molar-refractivity contribution in [1.82, 2.24) is 30.3 Å². The summed E-state index contributed by atoms with van der Waals surface area (Å²) in [6.07, 6.45) is 10.3. The SMILES string of the molecule is COCCCNC(=NCc1nnc(C)n1C)NC1CCN(C2CCCCC2)CC1. The van der Waals surface area contributed by atoms with Crippen molar-refractivity contribution in [2.75, 3.05) is 33.4 Å². The van der Waals surface area contributed by atoms with Gasteiger partial charge in [0.2, 0.25) is 0 Å². The molecule has 8 heteroatoms. The summed E-state index contributed by atoms with van der Waals surface area (Å²) in [6.45, 7) is 6.48. The van der Waals surface area contributed by atoms with Crippen LogP contribution in [0.3, 0.4) is 0 Å². The summed E-state index contributed by atoms with van der Waals surface area (Å²) < 4.78 is 7.16. The maximum absolute atomic E-state index is 5.16. The second kappa shape index (κ2) is 11.5. The summed E-state index contributed by atoms with van der Waals surface area (Å²) in [6, 6.07) is 1.30. The number of guanidine groups is 1. The van der Waals surface area contributed by atoms with Gasteiger partial charge in [0.25, 0.3) is 0 Å². The minimum absolute atomic E-state index is 0.477. The van der Waals surface area contributed by atoms with Gasteiger partial charge in [0.1, 0.15) is 12.4 Å². The summed E-state index contributed by atoms with van der Waals surface area (Å²) in [4.78, 5) is 7.51. The molecule has 1 aliphatic carbocycles. The Labute approximate surface area is 175 Å². The van der Waals surface area contributed by atoms with Crippen LogP contribution in [0.1, 0.15) is 63.0 Å². The average molecular weight is 406 g/mol.